The van der Waals surface area contributed by atoms with E-state index in [0.717, 1.165) is 16.9 Å². The van der Waals surface area contributed by atoms with Crippen molar-refractivity contribution in [1.82, 2.24) is 10.3 Å². The lowest BCUT2D eigenvalue weighted by Crippen LogP contribution is -2.28. The van der Waals surface area contributed by atoms with Crippen LogP contribution in [0.2, 0.25) is 0 Å². The summed E-state index contributed by atoms with van der Waals surface area (Å²) in [5.74, 6) is 1.46. The summed E-state index contributed by atoms with van der Waals surface area (Å²) in [7, 11) is 1.56. The molecule has 0 aliphatic heterocycles. The van der Waals surface area contributed by atoms with Gasteiger partial charge in [0, 0.05) is 18.8 Å². The second-order valence-electron chi connectivity index (χ2n) is 5.46. The standard InChI is InChI=1S/C18H22N2O3/c1-13(2)15-6-4-5-7-16(15)23-12-17(21)20-11-14-8-9-19-18(10-14)22-3/h4-10,13H,11-12H2,1-3H3,(H,20,21). The molecule has 0 aliphatic carbocycles. The van der Waals surface area contributed by atoms with Crippen molar-refractivity contribution in [3.8, 4) is 11.6 Å². The molecule has 23 heavy (non-hydrogen) atoms. The van der Waals surface area contributed by atoms with Gasteiger partial charge < -0.3 is 14.8 Å². The number of benzene rings is 1. The second-order valence-corrected chi connectivity index (χ2v) is 5.46. The van der Waals surface area contributed by atoms with Gasteiger partial charge in [-0.2, -0.15) is 0 Å². The zero-order valence-corrected chi connectivity index (χ0v) is 13.7. The predicted molar refractivity (Wildman–Crippen MR) is 88.7 cm³/mol. The minimum atomic E-state index is -0.167. The van der Waals surface area contributed by atoms with E-state index in [1.807, 2.05) is 30.3 Å². The smallest absolute Gasteiger partial charge is 0.258 e. The Bertz CT molecular complexity index is 656. The first-order valence-corrected chi connectivity index (χ1v) is 7.57. The van der Waals surface area contributed by atoms with Crippen LogP contribution in [0, 0.1) is 0 Å². The average molecular weight is 314 g/mol. The molecule has 0 unspecified atom stereocenters. The van der Waals surface area contributed by atoms with Crippen LogP contribution in [-0.2, 0) is 11.3 Å². The number of methoxy groups -OCH3 is 1. The van der Waals surface area contributed by atoms with E-state index in [1.54, 1.807) is 19.4 Å². The third kappa shape index (κ3) is 4.98. The summed E-state index contributed by atoms with van der Waals surface area (Å²) in [5, 5.41) is 2.82. The number of nitrogens with one attached hydrogen (secondary N) is 1. The lowest BCUT2D eigenvalue weighted by atomic mass is 10.0. The Labute approximate surface area is 136 Å². The Hall–Kier alpha value is -2.56. The van der Waals surface area contributed by atoms with Crippen molar-refractivity contribution in [1.29, 1.82) is 0 Å². The predicted octanol–water partition coefficient (Wildman–Crippen LogP) is 2.91. The molecular weight excluding hydrogens is 292 g/mol. The van der Waals surface area contributed by atoms with Gasteiger partial charge in [0.1, 0.15) is 5.75 Å². The van der Waals surface area contributed by atoms with Crippen molar-refractivity contribution in [3.63, 3.8) is 0 Å². The molecular formula is C18H22N2O3. The molecule has 0 radical (unpaired) electrons. The SMILES string of the molecule is COc1cc(CNC(=O)COc2ccccc2C(C)C)ccn1. The van der Waals surface area contributed by atoms with Gasteiger partial charge >= 0.3 is 0 Å². The van der Waals surface area contributed by atoms with Gasteiger partial charge in [-0.1, -0.05) is 32.0 Å². The molecule has 0 fully saturated rings. The molecule has 1 N–H and O–H groups in total. The van der Waals surface area contributed by atoms with Crippen molar-refractivity contribution in [2.45, 2.75) is 26.3 Å². The minimum absolute atomic E-state index is 0.00798. The molecule has 2 aromatic rings. The highest BCUT2D eigenvalue weighted by molar-refractivity contribution is 5.77. The quantitative estimate of drug-likeness (QED) is 0.853. The maximum Gasteiger partial charge on any atom is 0.258 e. The van der Waals surface area contributed by atoms with Gasteiger partial charge in [-0.05, 0) is 29.2 Å². The highest BCUT2D eigenvalue weighted by Crippen LogP contribution is 2.25. The zero-order valence-electron chi connectivity index (χ0n) is 13.7. The Morgan fingerprint density at radius 3 is 2.78 bits per heavy atom. The number of aromatic nitrogens is 1. The maximum atomic E-state index is 11.9. The molecule has 0 saturated heterocycles. The highest BCUT2D eigenvalue weighted by atomic mass is 16.5. The summed E-state index contributed by atoms with van der Waals surface area (Å²) < 4.78 is 10.7. The Morgan fingerprint density at radius 1 is 1.26 bits per heavy atom. The zero-order chi connectivity index (χ0) is 16.7. The van der Waals surface area contributed by atoms with Crippen molar-refractivity contribution in [3.05, 3.63) is 53.7 Å². The summed E-state index contributed by atoms with van der Waals surface area (Å²) in [6, 6.07) is 11.4. The Balaban J connectivity index is 1.86. The first-order chi connectivity index (χ1) is 11.1. The van der Waals surface area contributed by atoms with Gasteiger partial charge in [0.05, 0.1) is 7.11 Å². The van der Waals surface area contributed by atoms with Crippen LogP contribution in [0.25, 0.3) is 0 Å². The monoisotopic (exact) mass is 314 g/mol. The molecule has 0 atom stereocenters. The number of carbonyl (C=O) groups excluding carboxylic acids is 1. The number of nitrogens with zero attached hydrogens (tertiary/aromatic N) is 1. The van der Waals surface area contributed by atoms with Gasteiger partial charge in [-0.25, -0.2) is 4.98 Å². The first kappa shape index (κ1) is 16.8. The van der Waals surface area contributed by atoms with Gasteiger partial charge in [-0.15, -0.1) is 0 Å². The number of amides is 1. The lowest BCUT2D eigenvalue weighted by molar-refractivity contribution is -0.123. The van der Waals surface area contributed by atoms with E-state index in [1.165, 1.54) is 0 Å². The maximum absolute atomic E-state index is 11.9. The average Bonchev–Trinajstić information content (AvgIpc) is 2.58. The number of hydrogen-bond donors (Lipinski definition) is 1. The van der Waals surface area contributed by atoms with E-state index in [4.69, 9.17) is 9.47 Å². The lowest BCUT2D eigenvalue weighted by Gasteiger charge is -2.13. The van der Waals surface area contributed by atoms with E-state index < -0.39 is 0 Å². The van der Waals surface area contributed by atoms with E-state index >= 15 is 0 Å². The molecule has 1 aromatic carbocycles. The van der Waals surface area contributed by atoms with Crippen LogP contribution in [0.15, 0.2) is 42.6 Å². The number of pyridine rings is 1. The molecule has 1 amide bonds. The summed E-state index contributed by atoms with van der Waals surface area (Å²) in [6.07, 6.45) is 1.65. The van der Waals surface area contributed by atoms with Crippen molar-refractivity contribution in [2.75, 3.05) is 13.7 Å². The van der Waals surface area contributed by atoms with Gasteiger partial charge in [0.15, 0.2) is 6.61 Å². The van der Waals surface area contributed by atoms with Crippen LogP contribution in [0.5, 0.6) is 11.6 Å². The number of para-hydroxylation sites is 1. The third-order valence-electron chi connectivity index (χ3n) is 3.40. The van der Waals surface area contributed by atoms with Crippen LogP contribution in [-0.4, -0.2) is 24.6 Å². The molecule has 122 valence electrons. The molecule has 0 saturated carbocycles. The minimum Gasteiger partial charge on any atom is -0.483 e. The van der Waals surface area contributed by atoms with Crippen molar-refractivity contribution >= 4 is 5.91 Å². The van der Waals surface area contributed by atoms with Crippen molar-refractivity contribution in [2.24, 2.45) is 0 Å². The van der Waals surface area contributed by atoms with Gasteiger partial charge in [0.2, 0.25) is 5.88 Å². The molecule has 0 spiro atoms. The summed E-state index contributed by atoms with van der Waals surface area (Å²) in [6.45, 7) is 4.59. The number of hydrogen-bond acceptors (Lipinski definition) is 4. The molecule has 0 aliphatic rings. The second kappa shape index (κ2) is 8.17. The van der Waals surface area contributed by atoms with E-state index in [9.17, 15) is 4.79 Å². The Kier molecular flexibility index (Phi) is 5.97. The fraction of sp³-hybridized carbons (Fsp3) is 0.333. The molecule has 1 heterocycles. The van der Waals surface area contributed by atoms with Crippen LogP contribution in [0.4, 0.5) is 0 Å². The third-order valence-corrected chi connectivity index (χ3v) is 3.40. The highest BCUT2D eigenvalue weighted by Gasteiger charge is 2.09. The summed E-state index contributed by atoms with van der Waals surface area (Å²) >= 11 is 0. The molecule has 1 aromatic heterocycles. The van der Waals surface area contributed by atoms with E-state index in [-0.39, 0.29) is 12.5 Å². The molecule has 5 heteroatoms. The normalized spacial score (nSPS) is 10.4. The molecule has 5 nitrogen and oxygen atoms in total. The van der Waals surface area contributed by atoms with Crippen molar-refractivity contribution < 1.29 is 14.3 Å². The van der Waals surface area contributed by atoms with E-state index in [0.29, 0.717) is 18.3 Å². The largest absolute Gasteiger partial charge is 0.483 e. The van der Waals surface area contributed by atoms with Gasteiger partial charge in [0.25, 0.3) is 5.91 Å². The number of carbonyl (C=O) groups is 1. The fourth-order valence-corrected chi connectivity index (χ4v) is 2.16. The Morgan fingerprint density at radius 2 is 2.04 bits per heavy atom. The number of rotatable bonds is 7. The molecule has 0 bridgehead atoms. The topological polar surface area (TPSA) is 60.5 Å². The van der Waals surface area contributed by atoms with E-state index in [2.05, 4.69) is 24.1 Å². The fourth-order valence-electron chi connectivity index (χ4n) is 2.16. The van der Waals surface area contributed by atoms with Crippen LogP contribution >= 0.6 is 0 Å². The summed E-state index contributed by atoms with van der Waals surface area (Å²) in [4.78, 5) is 16.0. The molecule has 2 rings (SSSR count). The van der Waals surface area contributed by atoms with Crippen LogP contribution < -0.4 is 14.8 Å². The first-order valence-electron chi connectivity index (χ1n) is 7.57. The number of ether oxygens (including phenoxy) is 2. The van der Waals surface area contributed by atoms with Crippen LogP contribution in [0.1, 0.15) is 30.9 Å². The van der Waals surface area contributed by atoms with Gasteiger partial charge in [-0.3, -0.25) is 4.79 Å². The summed E-state index contributed by atoms with van der Waals surface area (Å²) in [5.41, 5.74) is 2.02. The van der Waals surface area contributed by atoms with Crippen LogP contribution in [0.3, 0.4) is 0 Å².